The van der Waals surface area contributed by atoms with Crippen LogP contribution in [0.15, 0.2) is 89.8 Å². The number of rotatable bonds is 7. The maximum Gasteiger partial charge on any atom is 0.310 e. The molecule has 0 aromatic heterocycles. The van der Waals surface area contributed by atoms with Crippen LogP contribution in [0.2, 0.25) is 0 Å². The van der Waals surface area contributed by atoms with Gasteiger partial charge in [0.15, 0.2) is 6.61 Å². The van der Waals surface area contributed by atoms with Crippen LogP contribution in [0.1, 0.15) is 5.56 Å². The standard InChI is InChI=1S/C26H26N2O5S/c29-25(27-15-17-28(18-16-27)34(31,32)24-9-5-2-6-10-24)20-33-26(30)19-21-11-13-23(14-12-21)22-7-3-1-4-8-22/h1-14H,15-20H2. The molecule has 0 N–H and O–H groups in total. The van der Waals surface area contributed by atoms with E-state index in [1.807, 2.05) is 54.6 Å². The van der Waals surface area contributed by atoms with Crippen LogP contribution >= 0.6 is 0 Å². The third kappa shape index (κ3) is 5.70. The summed E-state index contributed by atoms with van der Waals surface area (Å²) >= 11 is 0. The van der Waals surface area contributed by atoms with Gasteiger partial charge in [0.25, 0.3) is 5.91 Å². The molecular formula is C26H26N2O5S. The molecule has 1 fully saturated rings. The second-order valence-electron chi connectivity index (χ2n) is 8.00. The predicted molar refractivity (Wildman–Crippen MR) is 128 cm³/mol. The Kier molecular flexibility index (Phi) is 7.40. The molecule has 0 unspecified atom stereocenters. The van der Waals surface area contributed by atoms with Gasteiger partial charge in [0.1, 0.15) is 0 Å². The number of esters is 1. The smallest absolute Gasteiger partial charge is 0.310 e. The van der Waals surface area contributed by atoms with Crippen molar-refractivity contribution >= 4 is 21.9 Å². The molecule has 3 aromatic carbocycles. The minimum absolute atomic E-state index is 0.0748. The average molecular weight is 479 g/mol. The summed E-state index contributed by atoms with van der Waals surface area (Å²) < 4.78 is 32.0. The van der Waals surface area contributed by atoms with Gasteiger partial charge in [-0.3, -0.25) is 9.59 Å². The lowest BCUT2D eigenvalue weighted by Gasteiger charge is -2.33. The molecule has 4 rings (SSSR count). The number of amides is 1. The summed E-state index contributed by atoms with van der Waals surface area (Å²) in [5, 5.41) is 0. The number of nitrogens with zero attached hydrogens (tertiary/aromatic N) is 2. The molecule has 0 saturated carbocycles. The first-order valence-electron chi connectivity index (χ1n) is 11.1. The van der Waals surface area contributed by atoms with Crippen LogP contribution < -0.4 is 0 Å². The van der Waals surface area contributed by atoms with Crippen LogP contribution in [0.5, 0.6) is 0 Å². The van der Waals surface area contributed by atoms with Gasteiger partial charge in [-0.25, -0.2) is 8.42 Å². The summed E-state index contributed by atoms with van der Waals surface area (Å²) in [5.41, 5.74) is 2.96. The molecule has 1 amide bonds. The fourth-order valence-electron chi connectivity index (χ4n) is 3.82. The first kappa shape index (κ1) is 23.7. The molecule has 176 valence electrons. The van der Waals surface area contributed by atoms with Gasteiger partial charge in [-0.1, -0.05) is 72.8 Å². The van der Waals surface area contributed by atoms with Crippen molar-refractivity contribution in [2.45, 2.75) is 11.3 Å². The molecule has 1 heterocycles. The van der Waals surface area contributed by atoms with E-state index in [9.17, 15) is 18.0 Å². The molecular weight excluding hydrogens is 452 g/mol. The Hall–Kier alpha value is -3.49. The van der Waals surface area contributed by atoms with Gasteiger partial charge >= 0.3 is 5.97 Å². The molecule has 1 aliphatic rings. The van der Waals surface area contributed by atoms with E-state index in [2.05, 4.69) is 0 Å². The Balaban J connectivity index is 1.23. The first-order chi connectivity index (χ1) is 16.4. The van der Waals surface area contributed by atoms with Crippen LogP contribution in [0.25, 0.3) is 11.1 Å². The van der Waals surface area contributed by atoms with Crippen LogP contribution in [-0.2, 0) is 30.8 Å². The first-order valence-corrected chi connectivity index (χ1v) is 12.5. The van der Waals surface area contributed by atoms with Gasteiger partial charge in [0.2, 0.25) is 10.0 Å². The van der Waals surface area contributed by atoms with E-state index < -0.39 is 16.0 Å². The molecule has 0 spiro atoms. The molecule has 8 heteroatoms. The van der Waals surface area contributed by atoms with Gasteiger partial charge in [-0.2, -0.15) is 4.31 Å². The van der Waals surface area contributed by atoms with E-state index in [4.69, 9.17) is 4.74 Å². The summed E-state index contributed by atoms with van der Waals surface area (Å²) in [6.45, 7) is 0.550. The number of piperazine rings is 1. The lowest BCUT2D eigenvalue weighted by atomic mass is 10.0. The number of carbonyl (C=O) groups is 2. The maximum atomic E-state index is 12.7. The van der Waals surface area contributed by atoms with Gasteiger partial charge in [-0.05, 0) is 28.8 Å². The van der Waals surface area contributed by atoms with Crippen molar-refractivity contribution in [1.82, 2.24) is 9.21 Å². The van der Waals surface area contributed by atoms with Gasteiger partial charge in [-0.15, -0.1) is 0 Å². The third-order valence-electron chi connectivity index (χ3n) is 5.74. The van der Waals surface area contributed by atoms with Crippen molar-refractivity contribution in [3.05, 3.63) is 90.5 Å². The highest BCUT2D eigenvalue weighted by Gasteiger charge is 2.30. The Morgan fingerprint density at radius 1 is 0.735 bits per heavy atom. The predicted octanol–water partition coefficient (Wildman–Crippen LogP) is 2.97. The molecule has 0 aliphatic carbocycles. The van der Waals surface area contributed by atoms with Crippen molar-refractivity contribution in [2.24, 2.45) is 0 Å². The number of hydrogen-bond donors (Lipinski definition) is 0. The Labute approximate surface area is 199 Å². The van der Waals surface area contributed by atoms with Crippen molar-refractivity contribution in [1.29, 1.82) is 0 Å². The van der Waals surface area contributed by atoms with E-state index in [0.29, 0.717) is 0 Å². The van der Waals surface area contributed by atoms with Crippen LogP contribution in [-0.4, -0.2) is 62.3 Å². The fraction of sp³-hybridized carbons (Fsp3) is 0.231. The largest absolute Gasteiger partial charge is 0.455 e. The third-order valence-corrected chi connectivity index (χ3v) is 7.65. The number of hydrogen-bond acceptors (Lipinski definition) is 5. The van der Waals surface area contributed by atoms with Gasteiger partial charge in [0.05, 0.1) is 11.3 Å². The summed E-state index contributed by atoms with van der Waals surface area (Å²) in [4.78, 5) is 26.4. The molecule has 0 radical (unpaired) electrons. The van der Waals surface area contributed by atoms with E-state index in [1.54, 1.807) is 30.3 Å². The molecule has 7 nitrogen and oxygen atoms in total. The van der Waals surface area contributed by atoms with E-state index >= 15 is 0 Å². The number of benzene rings is 3. The minimum Gasteiger partial charge on any atom is -0.455 e. The SMILES string of the molecule is O=C(Cc1ccc(-c2ccccc2)cc1)OCC(=O)N1CCN(S(=O)(=O)c2ccccc2)CC1. The van der Waals surface area contributed by atoms with Crippen LogP contribution in [0, 0.1) is 0 Å². The lowest BCUT2D eigenvalue weighted by Crippen LogP contribution is -2.51. The minimum atomic E-state index is -3.58. The normalized spacial score (nSPS) is 14.5. The van der Waals surface area contributed by atoms with Crippen LogP contribution in [0.3, 0.4) is 0 Å². The topological polar surface area (TPSA) is 84.0 Å². The van der Waals surface area contributed by atoms with E-state index in [0.717, 1.165) is 16.7 Å². The highest BCUT2D eigenvalue weighted by atomic mass is 32.2. The average Bonchev–Trinajstić information content (AvgIpc) is 2.89. The number of ether oxygens (including phenoxy) is 1. The second-order valence-corrected chi connectivity index (χ2v) is 9.94. The summed E-state index contributed by atoms with van der Waals surface area (Å²) in [6.07, 6.45) is 0.0748. The highest BCUT2D eigenvalue weighted by molar-refractivity contribution is 7.89. The maximum absolute atomic E-state index is 12.7. The molecule has 1 saturated heterocycles. The lowest BCUT2D eigenvalue weighted by molar-refractivity contribution is -0.152. The molecule has 0 bridgehead atoms. The molecule has 1 aliphatic heterocycles. The van der Waals surface area contributed by atoms with Crippen molar-refractivity contribution < 1.29 is 22.7 Å². The Morgan fingerprint density at radius 2 is 1.29 bits per heavy atom. The van der Waals surface area contributed by atoms with Crippen molar-refractivity contribution in [3.8, 4) is 11.1 Å². The zero-order valence-corrected chi connectivity index (χ0v) is 19.5. The summed E-state index contributed by atoms with van der Waals surface area (Å²) in [5.74, 6) is -0.810. The quantitative estimate of drug-likeness (QED) is 0.488. The van der Waals surface area contributed by atoms with Gasteiger partial charge < -0.3 is 9.64 Å². The van der Waals surface area contributed by atoms with Gasteiger partial charge in [0, 0.05) is 26.2 Å². The molecule has 34 heavy (non-hydrogen) atoms. The Bertz CT molecular complexity index is 1220. The number of carbonyl (C=O) groups excluding carboxylic acids is 2. The van der Waals surface area contributed by atoms with Crippen molar-refractivity contribution in [2.75, 3.05) is 32.8 Å². The van der Waals surface area contributed by atoms with Crippen molar-refractivity contribution in [3.63, 3.8) is 0 Å². The monoisotopic (exact) mass is 478 g/mol. The fourth-order valence-corrected chi connectivity index (χ4v) is 5.26. The number of sulfonamides is 1. The second kappa shape index (κ2) is 10.6. The van der Waals surface area contributed by atoms with E-state index in [1.165, 1.54) is 9.21 Å². The molecule has 0 atom stereocenters. The zero-order valence-electron chi connectivity index (χ0n) is 18.7. The summed E-state index contributed by atoms with van der Waals surface area (Å²) in [6, 6.07) is 25.8. The highest BCUT2D eigenvalue weighted by Crippen LogP contribution is 2.20. The molecule has 3 aromatic rings. The summed E-state index contributed by atoms with van der Waals surface area (Å²) in [7, 11) is -3.58. The van der Waals surface area contributed by atoms with Crippen LogP contribution in [0.4, 0.5) is 0 Å². The van der Waals surface area contributed by atoms with E-state index in [-0.39, 0.29) is 50.0 Å². The Morgan fingerprint density at radius 3 is 1.91 bits per heavy atom. The zero-order chi connectivity index (χ0) is 24.0.